The van der Waals surface area contributed by atoms with Crippen LogP contribution in [0.2, 0.25) is 10.0 Å². The van der Waals surface area contributed by atoms with Crippen LogP contribution in [-0.4, -0.2) is 40.1 Å². The number of amides is 1. The van der Waals surface area contributed by atoms with E-state index in [0.29, 0.717) is 41.3 Å². The molecule has 1 atom stereocenters. The van der Waals surface area contributed by atoms with Crippen molar-refractivity contribution in [3.63, 3.8) is 0 Å². The largest absolute Gasteiger partial charge is 0.326 e. The summed E-state index contributed by atoms with van der Waals surface area (Å²) in [7, 11) is -7.53. The molecule has 1 aliphatic rings. The molecule has 202 valence electrons. The molecule has 1 saturated heterocycles. The first kappa shape index (κ1) is 28.8. The summed E-state index contributed by atoms with van der Waals surface area (Å²) in [6.45, 7) is 0.359. The van der Waals surface area contributed by atoms with Gasteiger partial charge in [0.05, 0.1) is 16.6 Å². The van der Waals surface area contributed by atoms with Gasteiger partial charge in [-0.15, -0.1) is 0 Å². The minimum Gasteiger partial charge on any atom is -0.326 e. The maximum atomic E-state index is 13.0. The second kappa shape index (κ2) is 11.9. The molecule has 1 fully saturated rings. The predicted molar refractivity (Wildman–Crippen MR) is 153 cm³/mol. The second-order valence-electron chi connectivity index (χ2n) is 8.82. The van der Waals surface area contributed by atoms with Crippen LogP contribution in [0.3, 0.4) is 0 Å². The maximum Gasteiger partial charge on any atom is 0.261 e. The summed E-state index contributed by atoms with van der Waals surface area (Å²) in [6.07, 6.45) is 1.06. The smallest absolute Gasteiger partial charge is 0.261 e. The zero-order valence-electron chi connectivity index (χ0n) is 19.9. The first-order valence-corrected chi connectivity index (χ1v) is 16.2. The van der Waals surface area contributed by atoms with Gasteiger partial charge in [0.2, 0.25) is 15.9 Å². The maximum absolute atomic E-state index is 13.0. The van der Waals surface area contributed by atoms with Crippen molar-refractivity contribution in [2.45, 2.75) is 23.5 Å². The van der Waals surface area contributed by atoms with Crippen molar-refractivity contribution >= 4 is 76.5 Å². The zero-order valence-corrected chi connectivity index (χ0v) is 24.6. The number of carbonyl (C=O) groups is 1. The number of nitrogens with zero attached hydrogens (tertiary/aromatic N) is 1. The molecule has 4 rings (SSSR count). The molecule has 3 aromatic rings. The van der Waals surface area contributed by atoms with Gasteiger partial charge in [0, 0.05) is 39.0 Å². The Kier molecular flexibility index (Phi) is 9.06. The zero-order chi connectivity index (χ0) is 27.5. The number of rotatable bonds is 8. The van der Waals surface area contributed by atoms with E-state index in [1.807, 2.05) is 0 Å². The number of halogens is 3. The average Bonchev–Trinajstić information content (AvgIpc) is 2.87. The minimum absolute atomic E-state index is 0.0363. The molecule has 38 heavy (non-hydrogen) atoms. The number of carbonyl (C=O) groups excluding carboxylic acids is 1. The van der Waals surface area contributed by atoms with Crippen molar-refractivity contribution in [3.8, 4) is 0 Å². The molecule has 0 unspecified atom stereocenters. The number of hydrogen-bond acceptors (Lipinski definition) is 5. The number of nitrogens with one attached hydrogen (secondary N) is 2. The van der Waals surface area contributed by atoms with Gasteiger partial charge in [-0.05, 0) is 79.1 Å². The average molecular weight is 661 g/mol. The fraction of sp³-hybridized carbons (Fsp3) is 0.240. The van der Waals surface area contributed by atoms with Crippen molar-refractivity contribution in [3.05, 3.63) is 86.8 Å². The molecule has 0 radical (unpaired) electrons. The third-order valence-electron chi connectivity index (χ3n) is 6.03. The molecular weight excluding hydrogens is 637 g/mol. The summed E-state index contributed by atoms with van der Waals surface area (Å²) < 4.78 is 56.1. The van der Waals surface area contributed by atoms with Crippen LogP contribution in [0.5, 0.6) is 0 Å². The third-order valence-corrected chi connectivity index (χ3v) is 10.3. The summed E-state index contributed by atoms with van der Waals surface area (Å²) in [5, 5.41) is 3.45. The Morgan fingerprint density at radius 1 is 0.947 bits per heavy atom. The van der Waals surface area contributed by atoms with Crippen LogP contribution in [0.25, 0.3) is 0 Å². The Morgan fingerprint density at radius 2 is 1.61 bits per heavy atom. The highest BCUT2D eigenvalue weighted by atomic mass is 79.9. The van der Waals surface area contributed by atoms with Crippen LogP contribution in [-0.2, 0) is 30.6 Å². The molecule has 1 aliphatic heterocycles. The van der Waals surface area contributed by atoms with E-state index < -0.39 is 26.0 Å². The molecule has 1 amide bonds. The number of anilines is 2. The normalized spacial score (nSPS) is 16.7. The van der Waals surface area contributed by atoms with Gasteiger partial charge >= 0.3 is 0 Å². The van der Waals surface area contributed by atoms with Crippen LogP contribution < -0.4 is 10.0 Å². The van der Waals surface area contributed by atoms with Crippen molar-refractivity contribution < 1.29 is 21.6 Å². The lowest BCUT2D eigenvalue weighted by Gasteiger charge is -2.31. The van der Waals surface area contributed by atoms with E-state index in [4.69, 9.17) is 23.2 Å². The Bertz CT molecular complexity index is 1530. The first-order valence-electron chi connectivity index (χ1n) is 11.5. The van der Waals surface area contributed by atoms with Gasteiger partial charge in [0.15, 0.2) is 0 Å². The summed E-state index contributed by atoms with van der Waals surface area (Å²) in [6, 6.07) is 17.1. The Balaban J connectivity index is 1.38. The molecule has 0 aromatic heterocycles. The third kappa shape index (κ3) is 7.28. The predicted octanol–water partition coefficient (Wildman–Crippen LogP) is 5.74. The van der Waals surface area contributed by atoms with E-state index in [0.717, 1.165) is 4.47 Å². The van der Waals surface area contributed by atoms with Gasteiger partial charge in [-0.1, -0.05) is 45.2 Å². The lowest BCUT2D eigenvalue weighted by molar-refractivity contribution is -0.120. The van der Waals surface area contributed by atoms with E-state index in [2.05, 4.69) is 26.0 Å². The summed E-state index contributed by atoms with van der Waals surface area (Å²) in [5.74, 6) is -1.18. The highest BCUT2D eigenvalue weighted by Gasteiger charge is 2.33. The lowest BCUT2D eigenvalue weighted by Crippen LogP contribution is -2.44. The summed E-state index contributed by atoms with van der Waals surface area (Å²) >= 11 is 15.4. The number of sulfonamides is 2. The second-order valence-corrected chi connectivity index (χ2v) is 14.2. The Labute approximate surface area is 240 Å². The van der Waals surface area contributed by atoms with E-state index in [1.165, 1.54) is 34.6 Å². The van der Waals surface area contributed by atoms with Gasteiger partial charge in [0.25, 0.3) is 10.0 Å². The molecule has 0 aliphatic carbocycles. The van der Waals surface area contributed by atoms with Gasteiger partial charge in [-0.3, -0.25) is 9.52 Å². The quantitative estimate of drug-likeness (QED) is 0.320. The minimum atomic E-state index is -3.82. The van der Waals surface area contributed by atoms with Crippen LogP contribution in [0.15, 0.2) is 76.1 Å². The number of hydrogen-bond donors (Lipinski definition) is 2. The monoisotopic (exact) mass is 659 g/mol. The first-order chi connectivity index (χ1) is 17.9. The fourth-order valence-corrected chi connectivity index (χ4v) is 7.55. The van der Waals surface area contributed by atoms with Gasteiger partial charge < -0.3 is 5.32 Å². The molecule has 13 heteroatoms. The van der Waals surface area contributed by atoms with Gasteiger partial charge in [0.1, 0.15) is 0 Å². The van der Waals surface area contributed by atoms with E-state index in [1.54, 1.807) is 36.4 Å². The van der Waals surface area contributed by atoms with Crippen LogP contribution in [0.1, 0.15) is 18.4 Å². The highest BCUT2D eigenvalue weighted by molar-refractivity contribution is 9.10. The van der Waals surface area contributed by atoms with E-state index >= 15 is 0 Å². The summed E-state index contributed by atoms with van der Waals surface area (Å²) in [5.41, 5.74) is 1.26. The topological polar surface area (TPSA) is 113 Å². The van der Waals surface area contributed by atoms with E-state index in [-0.39, 0.29) is 28.1 Å². The lowest BCUT2D eigenvalue weighted by atomic mass is 9.99. The number of piperidine rings is 1. The molecule has 0 spiro atoms. The Hall–Kier alpha value is -2.15. The van der Waals surface area contributed by atoms with Crippen LogP contribution >= 0.6 is 39.1 Å². The van der Waals surface area contributed by atoms with Crippen molar-refractivity contribution in [1.29, 1.82) is 0 Å². The van der Waals surface area contributed by atoms with Crippen molar-refractivity contribution in [2.75, 3.05) is 23.1 Å². The van der Waals surface area contributed by atoms with Gasteiger partial charge in [-0.25, -0.2) is 21.1 Å². The Morgan fingerprint density at radius 3 is 2.26 bits per heavy atom. The molecular formula is C25H24BrCl2N3O5S2. The van der Waals surface area contributed by atoms with Crippen LogP contribution in [0, 0.1) is 5.92 Å². The van der Waals surface area contributed by atoms with Crippen LogP contribution in [0.4, 0.5) is 11.4 Å². The number of benzene rings is 3. The SMILES string of the molecule is O=C(Nc1ccc(S(=O)(=O)Nc2ccc(Br)cc2)cc1)[C@H]1CCCN(S(=O)(=O)Cc2ccc(Cl)cc2Cl)C1. The van der Waals surface area contributed by atoms with Gasteiger partial charge in [-0.2, -0.15) is 0 Å². The summed E-state index contributed by atoms with van der Waals surface area (Å²) in [4.78, 5) is 13.0. The van der Waals surface area contributed by atoms with Crippen molar-refractivity contribution in [1.82, 2.24) is 4.31 Å². The molecule has 0 bridgehead atoms. The highest BCUT2D eigenvalue weighted by Crippen LogP contribution is 2.27. The standard InChI is InChI=1S/C25H24BrCl2N3O5S2/c26-19-4-7-22(8-5-19)30-38(35,36)23-11-9-21(10-12-23)29-25(32)17-2-1-13-31(15-17)37(33,34)16-18-3-6-20(27)14-24(18)28/h3-12,14,17,30H,1-2,13,15-16H2,(H,29,32)/t17-/m0/s1. The molecule has 1 heterocycles. The molecule has 2 N–H and O–H groups in total. The fourth-order valence-electron chi connectivity index (χ4n) is 4.03. The van der Waals surface area contributed by atoms with E-state index in [9.17, 15) is 21.6 Å². The van der Waals surface area contributed by atoms with Crippen molar-refractivity contribution in [2.24, 2.45) is 5.92 Å². The molecule has 0 saturated carbocycles. The molecule has 8 nitrogen and oxygen atoms in total. The molecule has 3 aromatic carbocycles.